The minimum absolute atomic E-state index is 0.0727. The van der Waals surface area contributed by atoms with Crippen LogP contribution in [0.5, 0.6) is 0 Å². The third-order valence-electron chi connectivity index (χ3n) is 8.25. The van der Waals surface area contributed by atoms with Gasteiger partial charge in [0.25, 0.3) is 0 Å². The fourth-order valence-corrected chi connectivity index (χ4v) is 7.80. The van der Waals surface area contributed by atoms with Gasteiger partial charge in [0.15, 0.2) is 0 Å². The van der Waals surface area contributed by atoms with Gasteiger partial charge in [0.1, 0.15) is 0 Å². The van der Waals surface area contributed by atoms with Gasteiger partial charge in [-0.2, -0.15) is 0 Å². The topological polar surface area (TPSA) is 0 Å². The second kappa shape index (κ2) is 7.06. The Morgan fingerprint density at radius 1 is 0.528 bits per heavy atom. The molecule has 0 unspecified atom stereocenters. The minimum Gasteiger partial charge on any atom is -0.135 e. The molecule has 0 radical (unpaired) electrons. The van der Waals surface area contributed by atoms with Crippen molar-refractivity contribution < 1.29 is 0 Å². The molecule has 1 heteroatoms. The van der Waals surface area contributed by atoms with Crippen molar-refractivity contribution in [2.24, 2.45) is 0 Å². The maximum atomic E-state index is 2.46. The zero-order valence-corrected chi connectivity index (χ0v) is 21.1. The maximum Gasteiger partial charge on any atom is 0.0433 e. The highest BCUT2D eigenvalue weighted by Crippen LogP contribution is 2.53. The van der Waals surface area contributed by atoms with E-state index in [0.29, 0.717) is 0 Å². The predicted octanol–water partition coefficient (Wildman–Crippen LogP) is 10.3. The number of hydrogen-bond donors (Lipinski definition) is 0. The third kappa shape index (κ3) is 2.59. The van der Waals surface area contributed by atoms with Crippen LogP contribution in [0.4, 0.5) is 0 Å². The SMILES string of the molecule is CC1(C)c2cc(-c3cccc4c3sc3ccccc34)ccc2-c2ccc3c(ccc4ccccc43)c21. The predicted molar refractivity (Wildman–Crippen MR) is 157 cm³/mol. The first-order valence-electron chi connectivity index (χ1n) is 12.6. The Labute approximate surface area is 214 Å². The normalized spacial score (nSPS) is 14.1. The maximum absolute atomic E-state index is 2.46. The standard InChI is InChI=1S/C35H24S/c1-35(2)31-20-22(24-11-7-12-30-27-10-5-6-13-32(27)36-34(24)30)15-16-26(31)29-19-18-25-23-9-4-3-8-21(23)14-17-28(25)33(29)35/h3-20H,1-2H3. The molecule has 6 aromatic carbocycles. The highest BCUT2D eigenvalue weighted by molar-refractivity contribution is 7.26. The average Bonchev–Trinajstić information content (AvgIpc) is 3.41. The minimum atomic E-state index is -0.0727. The van der Waals surface area contributed by atoms with E-state index in [1.165, 1.54) is 75.1 Å². The van der Waals surface area contributed by atoms with Crippen molar-refractivity contribution in [2.45, 2.75) is 19.3 Å². The highest BCUT2D eigenvalue weighted by atomic mass is 32.1. The highest BCUT2D eigenvalue weighted by Gasteiger charge is 2.37. The van der Waals surface area contributed by atoms with Crippen LogP contribution in [0.25, 0.3) is 64.0 Å². The molecule has 0 amide bonds. The third-order valence-corrected chi connectivity index (χ3v) is 9.47. The number of benzene rings is 6. The first kappa shape index (κ1) is 20.3. The van der Waals surface area contributed by atoms with Crippen molar-refractivity contribution in [1.82, 2.24) is 0 Å². The lowest BCUT2D eigenvalue weighted by atomic mass is 9.79. The molecule has 36 heavy (non-hydrogen) atoms. The summed E-state index contributed by atoms with van der Waals surface area (Å²) >= 11 is 1.91. The molecule has 0 atom stereocenters. The number of thiophene rings is 1. The molecule has 0 saturated heterocycles. The van der Waals surface area contributed by atoms with Gasteiger partial charge in [0.2, 0.25) is 0 Å². The van der Waals surface area contributed by atoms with Gasteiger partial charge in [-0.15, -0.1) is 11.3 Å². The summed E-state index contributed by atoms with van der Waals surface area (Å²) < 4.78 is 2.73. The van der Waals surface area contributed by atoms with Crippen LogP contribution in [0.15, 0.2) is 109 Å². The molecule has 1 aliphatic rings. The number of fused-ring (bicyclic) bond motifs is 10. The van der Waals surface area contributed by atoms with Gasteiger partial charge >= 0.3 is 0 Å². The van der Waals surface area contributed by atoms with E-state index in [2.05, 4.69) is 123 Å². The molecular weight excluding hydrogens is 452 g/mol. The van der Waals surface area contributed by atoms with Crippen molar-refractivity contribution in [3.63, 3.8) is 0 Å². The van der Waals surface area contributed by atoms with Crippen molar-refractivity contribution in [1.29, 1.82) is 0 Å². The van der Waals surface area contributed by atoms with Crippen molar-refractivity contribution in [3.05, 3.63) is 120 Å². The summed E-state index contributed by atoms with van der Waals surface area (Å²) in [6.45, 7) is 4.80. The molecular formula is C35H24S. The molecule has 0 saturated carbocycles. The van der Waals surface area contributed by atoms with E-state index in [4.69, 9.17) is 0 Å². The Balaban J connectivity index is 1.36. The fourth-order valence-electron chi connectivity index (χ4n) is 6.56. The average molecular weight is 477 g/mol. The van der Waals surface area contributed by atoms with Gasteiger partial charge in [0.05, 0.1) is 0 Å². The Morgan fingerprint density at radius 3 is 2.19 bits per heavy atom. The van der Waals surface area contributed by atoms with Crippen LogP contribution in [-0.2, 0) is 5.41 Å². The van der Waals surface area contributed by atoms with Crippen molar-refractivity contribution in [3.8, 4) is 22.3 Å². The van der Waals surface area contributed by atoms with E-state index in [1.807, 2.05) is 11.3 Å². The van der Waals surface area contributed by atoms with E-state index < -0.39 is 0 Å². The molecule has 0 spiro atoms. The second-order valence-corrected chi connectivity index (χ2v) is 11.6. The zero-order valence-electron chi connectivity index (χ0n) is 20.3. The van der Waals surface area contributed by atoms with Crippen LogP contribution >= 0.6 is 11.3 Å². The quantitative estimate of drug-likeness (QED) is 0.207. The Morgan fingerprint density at radius 2 is 1.28 bits per heavy atom. The van der Waals surface area contributed by atoms with Crippen LogP contribution in [0, 0.1) is 0 Å². The molecule has 170 valence electrons. The first-order chi connectivity index (χ1) is 17.6. The Hall–Kier alpha value is -3.94. The molecule has 7 aromatic rings. The molecule has 8 rings (SSSR count). The van der Waals surface area contributed by atoms with Crippen LogP contribution in [0.2, 0.25) is 0 Å². The van der Waals surface area contributed by atoms with Crippen LogP contribution in [0.3, 0.4) is 0 Å². The summed E-state index contributed by atoms with van der Waals surface area (Å²) in [5, 5.41) is 8.07. The fraction of sp³-hybridized carbons (Fsp3) is 0.0857. The van der Waals surface area contributed by atoms with Crippen LogP contribution in [-0.4, -0.2) is 0 Å². The summed E-state index contributed by atoms with van der Waals surface area (Å²) in [6, 6.07) is 40.7. The van der Waals surface area contributed by atoms with Crippen molar-refractivity contribution in [2.75, 3.05) is 0 Å². The van der Waals surface area contributed by atoms with Crippen molar-refractivity contribution >= 4 is 53.1 Å². The molecule has 0 bridgehead atoms. The van der Waals surface area contributed by atoms with E-state index in [-0.39, 0.29) is 5.41 Å². The smallest absolute Gasteiger partial charge is 0.0433 e. The summed E-state index contributed by atoms with van der Waals surface area (Å²) in [5.41, 5.74) is 8.20. The second-order valence-electron chi connectivity index (χ2n) is 10.5. The number of rotatable bonds is 1. The van der Waals surface area contributed by atoms with Gasteiger partial charge in [-0.1, -0.05) is 111 Å². The zero-order chi connectivity index (χ0) is 24.0. The molecule has 0 N–H and O–H groups in total. The largest absolute Gasteiger partial charge is 0.135 e. The molecule has 1 heterocycles. The molecule has 0 nitrogen and oxygen atoms in total. The Kier molecular flexibility index (Phi) is 3.97. The van der Waals surface area contributed by atoms with Gasteiger partial charge in [-0.3, -0.25) is 0 Å². The van der Waals surface area contributed by atoms with Crippen LogP contribution in [0.1, 0.15) is 25.0 Å². The van der Waals surface area contributed by atoms with Gasteiger partial charge in [-0.25, -0.2) is 0 Å². The van der Waals surface area contributed by atoms with Gasteiger partial charge < -0.3 is 0 Å². The van der Waals surface area contributed by atoms with E-state index >= 15 is 0 Å². The van der Waals surface area contributed by atoms with E-state index in [1.54, 1.807) is 0 Å². The first-order valence-corrected chi connectivity index (χ1v) is 13.4. The summed E-state index contributed by atoms with van der Waals surface area (Å²) in [5.74, 6) is 0. The van der Waals surface area contributed by atoms with Crippen LogP contribution < -0.4 is 0 Å². The molecule has 1 aliphatic carbocycles. The van der Waals surface area contributed by atoms with E-state index in [0.717, 1.165) is 0 Å². The molecule has 0 aliphatic heterocycles. The van der Waals surface area contributed by atoms with E-state index in [9.17, 15) is 0 Å². The Bertz CT molecular complexity index is 2020. The molecule has 1 aromatic heterocycles. The van der Waals surface area contributed by atoms with Gasteiger partial charge in [-0.05, 0) is 67.1 Å². The van der Waals surface area contributed by atoms with Gasteiger partial charge in [0, 0.05) is 25.6 Å². The summed E-state index contributed by atoms with van der Waals surface area (Å²) in [7, 11) is 0. The lowest BCUT2D eigenvalue weighted by molar-refractivity contribution is 0.666. The summed E-state index contributed by atoms with van der Waals surface area (Å²) in [4.78, 5) is 0. The number of hydrogen-bond acceptors (Lipinski definition) is 1. The summed E-state index contributed by atoms with van der Waals surface area (Å²) in [6.07, 6.45) is 0. The lowest BCUT2D eigenvalue weighted by Crippen LogP contribution is -2.15. The lowest BCUT2D eigenvalue weighted by Gasteiger charge is -2.24. The molecule has 0 fully saturated rings. The monoisotopic (exact) mass is 476 g/mol.